The highest BCUT2D eigenvalue weighted by atomic mass is 32.2. The largest absolute Gasteiger partial charge is 0.271 e. The Morgan fingerprint density at radius 1 is 1.21 bits per heavy atom. The van der Waals surface area contributed by atoms with Crippen LogP contribution in [0, 0.1) is 13.8 Å². The number of aryl methyl sites for hydroxylation is 1. The van der Waals surface area contributed by atoms with Gasteiger partial charge in [-0.25, -0.2) is 13.4 Å². The normalized spacial score (nSPS) is 23.9. The van der Waals surface area contributed by atoms with Gasteiger partial charge in [0.1, 0.15) is 0 Å². The molecule has 0 aliphatic carbocycles. The zero-order chi connectivity index (χ0) is 20.4. The van der Waals surface area contributed by atoms with Crippen LogP contribution in [0.2, 0.25) is 0 Å². The van der Waals surface area contributed by atoms with Crippen LogP contribution in [0.4, 0.5) is 5.82 Å². The van der Waals surface area contributed by atoms with Crippen molar-refractivity contribution in [3.63, 3.8) is 0 Å². The number of sulfone groups is 1. The number of thioether (sulfide) groups is 1. The summed E-state index contributed by atoms with van der Waals surface area (Å²) in [7, 11) is -3.00. The second-order valence-electron chi connectivity index (χ2n) is 7.86. The molecule has 1 fully saturated rings. The van der Waals surface area contributed by atoms with Crippen LogP contribution >= 0.6 is 11.8 Å². The molecular formula is C18H25N5O3S2. The summed E-state index contributed by atoms with van der Waals surface area (Å²) in [6.07, 6.45) is 0.581. The molecule has 1 saturated heterocycles. The molecule has 1 N–H and O–H groups in total. The van der Waals surface area contributed by atoms with Crippen LogP contribution in [0.15, 0.2) is 9.79 Å². The summed E-state index contributed by atoms with van der Waals surface area (Å²) in [6.45, 7) is 9.85. The van der Waals surface area contributed by atoms with Crippen LogP contribution in [0.3, 0.4) is 0 Å². The minimum Gasteiger partial charge on any atom is -0.268 e. The number of aromatic nitrogens is 4. The maximum absolute atomic E-state index is 12.8. The summed E-state index contributed by atoms with van der Waals surface area (Å²) in [4.78, 5) is 17.4. The van der Waals surface area contributed by atoms with Gasteiger partial charge in [-0.1, -0.05) is 11.8 Å². The van der Waals surface area contributed by atoms with Crippen molar-refractivity contribution >= 4 is 32.5 Å². The van der Waals surface area contributed by atoms with E-state index >= 15 is 0 Å². The Morgan fingerprint density at radius 2 is 1.93 bits per heavy atom. The number of rotatable bonds is 3. The second-order valence-corrected chi connectivity index (χ2v) is 11.4. The lowest BCUT2D eigenvalue weighted by Crippen LogP contribution is -2.16. The van der Waals surface area contributed by atoms with Gasteiger partial charge in [-0.15, -0.1) is 0 Å². The number of nitrogens with zero attached hydrogens (tertiary/aromatic N) is 4. The first-order chi connectivity index (χ1) is 13.1. The lowest BCUT2D eigenvalue weighted by molar-refractivity contribution is 0.485. The van der Waals surface area contributed by atoms with Crippen LogP contribution < -0.4 is 5.56 Å². The van der Waals surface area contributed by atoms with Gasteiger partial charge in [0.15, 0.2) is 15.7 Å². The van der Waals surface area contributed by atoms with Crippen molar-refractivity contribution in [3.8, 4) is 0 Å². The number of nitrogens with one attached hydrogen (secondary N) is 1. The molecule has 0 radical (unpaired) electrons. The van der Waals surface area contributed by atoms with E-state index in [4.69, 9.17) is 0 Å². The Labute approximate surface area is 168 Å². The number of hydrogen-bond donors (Lipinski definition) is 1. The van der Waals surface area contributed by atoms with Crippen molar-refractivity contribution in [1.82, 2.24) is 19.6 Å². The summed E-state index contributed by atoms with van der Waals surface area (Å²) < 4.78 is 27.5. The molecule has 2 aromatic rings. The molecule has 2 aliphatic heterocycles. The molecule has 0 aromatic carbocycles. The van der Waals surface area contributed by atoms with Gasteiger partial charge in [0.05, 0.1) is 39.1 Å². The Kier molecular flexibility index (Phi) is 4.61. The third-order valence-corrected chi connectivity index (χ3v) is 8.35. The van der Waals surface area contributed by atoms with Crippen molar-refractivity contribution in [2.24, 2.45) is 4.99 Å². The number of fused-ring (bicyclic) bond motifs is 1. The average molecular weight is 424 g/mol. The number of H-pyrrole nitrogens is 1. The minimum absolute atomic E-state index is 0.0883. The fourth-order valence-electron chi connectivity index (χ4n) is 4.17. The monoisotopic (exact) mass is 423 g/mol. The first-order valence-corrected chi connectivity index (χ1v) is 12.1. The van der Waals surface area contributed by atoms with Gasteiger partial charge in [0.2, 0.25) is 0 Å². The molecule has 0 unspecified atom stereocenters. The smallest absolute Gasteiger partial charge is 0.268 e. The van der Waals surface area contributed by atoms with E-state index in [1.54, 1.807) is 11.8 Å². The van der Waals surface area contributed by atoms with Gasteiger partial charge >= 0.3 is 0 Å². The molecule has 0 spiro atoms. The number of hydrogen-bond acceptors (Lipinski definition) is 6. The second kappa shape index (κ2) is 6.62. The van der Waals surface area contributed by atoms with Crippen LogP contribution in [-0.2, 0) is 9.84 Å². The minimum atomic E-state index is -3.00. The van der Waals surface area contributed by atoms with E-state index in [0.29, 0.717) is 17.8 Å². The van der Waals surface area contributed by atoms with E-state index in [2.05, 4.69) is 15.2 Å². The molecule has 152 valence electrons. The summed E-state index contributed by atoms with van der Waals surface area (Å²) in [5.41, 5.74) is 3.25. The van der Waals surface area contributed by atoms with Crippen molar-refractivity contribution in [3.05, 3.63) is 32.9 Å². The van der Waals surface area contributed by atoms with Crippen LogP contribution in [0.1, 0.15) is 67.0 Å². The molecule has 2 atom stereocenters. The zero-order valence-corrected chi connectivity index (χ0v) is 18.3. The summed E-state index contributed by atoms with van der Waals surface area (Å²) >= 11 is 1.55. The highest BCUT2D eigenvalue weighted by Gasteiger charge is 2.36. The Bertz CT molecular complexity index is 1140. The van der Waals surface area contributed by atoms with Crippen molar-refractivity contribution in [2.45, 2.75) is 58.4 Å². The van der Waals surface area contributed by atoms with Crippen molar-refractivity contribution < 1.29 is 8.42 Å². The standard InChI is InChI=1S/C18H25N5O3S2/c1-9(2)22-17-15(18(24)21-22)16(27-12(5)19-17)14-10(3)20-23(11(14)4)13-6-7-28(25,26)8-13/h9,13,16H,6-8H2,1-5H3,(H,21,24)/t13-,16+/m1/s1. The Balaban J connectivity index is 1.84. The molecule has 28 heavy (non-hydrogen) atoms. The van der Waals surface area contributed by atoms with Crippen molar-refractivity contribution in [1.29, 1.82) is 0 Å². The maximum atomic E-state index is 12.8. The first-order valence-electron chi connectivity index (χ1n) is 9.41. The average Bonchev–Trinajstić information content (AvgIpc) is 3.21. The van der Waals surface area contributed by atoms with E-state index in [1.165, 1.54) is 0 Å². The fourth-order valence-corrected chi connectivity index (χ4v) is 7.13. The molecule has 2 aromatic heterocycles. The lowest BCUT2D eigenvalue weighted by atomic mass is 10.0. The predicted molar refractivity (Wildman–Crippen MR) is 112 cm³/mol. The summed E-state index contributed by atoms with van der Waals surface area (Å²) in [5, 5.41) is 8.29. The summed E-state index contributed by atoms with van der Waals surface area (Å²) in [6, 6.07) is -0.0517. The third-order valence-electron chi connectivity index (χ3n) is 5.46. The van der Waals surface area contributed by atoms with E-state index in [-0.39, 0.29) is 34.4 Å². The zero-order valence-electron chi connectivity index (χ0n) is 16.7. The van der Waals surface area contributed by atoms with E-state index < -0.39 is 9.84 Å². The van der Waals surface area contributed by atoms with Gasteiger partial charge < -0.3 is 0 Å². The quantitative estimate of drug-likeness (QED) is 0.818. The predicted octanol–water partition coefficient (Wildman–Crippen LogP) is 2.82. The molecule has 0 saturated carbocycles. The molecular weight excluding hydrogens is 398 g/mol. The molecule has 4 heterocycles. The molecule has 10 heteroatoms. The van der Waals surface area contributed by atoms with Crippen LogP contribution in [-0.4, -0.2) is 44.5 Å². The van der Waals surface area contributed by atoms with Gasteiger partial charge in [0, 0.05) is 17.3 Å². The summed E-state index contributed by atoms with van der Waals surface area (Å²) in [5.74, 6) is 1.01. The fraction of sp³-hybridized carbons (Fsp3) is 0.611. The van der Waals surface area contributed by atoms with Gasteiger partial charge in [0.25, 0.3) is 5.56 Å². The number of aliphatic imine (C=N–C) groups is 1. The SMILES string of the molecule is CC1=Nc2c(c(=O)[nH]n2C(C)C)[C@H](c2c(C)nn([C@@H]3CCS(=O)(=O)C3)c2C)S1. The van der Waals surface area contributed by atoms with Gasteiger partial charge in [-0.3, -0.25) is 19.3 Å². The maximum Gasteiger partial charge on any atom is 0.271 e. The third kappa shape index (κ3) is 3.06. The number of aromatic amines is 1. The van der Waals surface area contributed by atoms with Gasteiger partial charge in [-0.2, -0.15) is 5.10 Å². The highest BCUT2D eigenvalue weighted by molar-refractivity contribution is 8.14. The molecule has 8 nitrogen and oxygen atoms in total. The lowest BCUT2D eigenvalue weighted by Gasteiger charge is -2.22. The molecule has 2 aliphatic rings. The highest BCUT2D eigenvalue weighted by Crippen LogP contribution is 2.46. The van der Waals surface area contributed by atoms with Crippen LogP contribution in [0.5, 0.6) is 0 Å². The molecule has 0 amide bonds. The molecule has 0 bridgehead atoms. The Morgan fingerprint density at radius 3 is 2.54 bits per heavy atom. The molecule has 4 rings (SSSR count). The van der Waals surface area contributed by atoms with Crippen molar-refractivity contribution in [2.75, 3.05) is 11.5 Å². The van der Waals surface area contributed by atoms with E-state index in [1.807, 2.05) is 44.0 Å². The van der Waals surface area contributed by atoms with E-state index in [9.17, 15) is 13.2 Å². The topological polar surface area (TPSA) is 102 Å². The Hall–Kier alpha value is -1.81. The van der Waals surface area contributed by atoms with E-state index in [0.717, 1.165) is 22.0 Å². The first kappa shape index (κ1) is 19.5. The van der Waals surface area contributed by atoms with Gasteiger partial charge in [-0.05, 0) is 41.0 Å². The van der Waals surface area contributed by atoms with Crippen LogP contribution in [0.25, 0.3) is 0 Å².